The van der Waals surface area contributed by atoms with E-state index >= 15 is 0 Å². The molecular formula is C17H16N2O4. The maximum Gasteiger partial charge on any atom is 0.339 e. The number of ether oxygens (including phenoxy) is 2. The number of benzene rings is 1. The quantitative estimate of drug-likeness (QED) is 0.689. The fraction of sp³-hybridized carbons (Fsp3) is 0.235. The number of aromatic nitrogens is 2. The Kier molecular flexibility index (Phi) is 3.97. The molecule has 2 heterocycles. The van der Waals surface area contributed by atoms with Crippen LogP contribution in [-0.2, 0) is 11.3 Å². The van der Waals surface area contributed by atoms with Crippen LogP contribution in [0.3, 0.4) is 0 Å². The highest BCUT2D eigenvalue weighted by Gasteiger charge is 2.19. The van der Waals surface area contributed by atoms with Gasteiger partial charge in [0.05, 0.1) is 23.8 Å². The van der Waals surface area contributed by atoms with E-state index in [1.54, 1.807) is 27.0 Å². The molecular weight excluding hydrogens is 296 g/mol. The highest BCUT2D eigenvalue weighted by molar-refractivity contribution is 6.03. The molecule has 0 N–H and O–H groups in total. The zero-order valence-electron chi connectivity index (χ0n) is 13.1. The molecule has 0 aliphatic heterocycles. The maximum atomic E-state index is 12.4. The van der Waals surface area contributed by atoms with Crippen molar-refractivity contribution in [2.24, 2.45) is 0 Å². The Labute approximate surface area is 133 Å². The Morgan fingerprint density at radius 1 is 1.26 bits per heavy atom. The number of methoxy groups -OCH3 is 1. The largest absolute Gasteiger partial charge is 0.497 e. The normalized spacial score (nSPS) is 10.7. The van der Waals surface area contributed by atoms with Gasteiger partial charge >= 0.3 is 5.97 Å². The molecule has 118 valence electrons. The second-order valence-electron chi connectivity index (χ2n) is 5.19. The van der Waals surface area contributed by atoms with Crippen molar-refractivity contribution >= 4 is 17.1 Å². The molecule has 2 aromatic heterocycles. The first kappa shape index (κ1) is 15.0. The molecule has 0 unspecified atom stereocenters. The number of hydrogen-bond donors (Lipinski definition) is 0. The van der Waals surface area contributed by atoms with Crippen molar-refractivity contribution in [1.29, 1.82) is 0 Å². The monoisotopic (exact) mass is 312 g/mol. The summed E-state index contributed by atoms with van der Waals surface area (Å²) in [6.07, 6.45) is 0. The molecule has 0 saturated heterocycles. The van der Waals surface area contributed by atoms with E-state index in [1.807, 2.05) is 24.3 Å². The van der Waals surface area contributed by atoms with Crippen molar-refractivity contribution in [3.63, 3.8) is 0 Å². The van der Waals surface area contributed by atoms with Crippen LogP contribution in [0.25, 0.3) is 11.1 Å². The highest BCUT2D eigenvalue weighted by Crippen LogP contribution is 2.23. The van der Waals surface area contributed by atoms with Gasteiger partial charge in [0.25, 0.3) is 5.71 Å². The van der Waals surface area contributed by atoms with Crippen LogP contribution in [-0.4, -0.2) is 23.2 Å². The average molecular weight is 312 g/mol. The Hall–Kier alpha value is -2.89. The average Bonchev–Trinajstić information content (AvgIpc) is 2.93. The van der Waals surface area contributed by atoms with Crippen molar-refractivity contribution in [2.75, 3.05) is 7.11 Å². The lowest BCUT2D eigenvalue weighted by Crippen LogP contribution is -2.07. The zero-order valence-corrected chi connectivity index (χ0v) is 13.1. The van der Waals surface area contributed by atoms with Crippen molar-refractivity contribution in [3.8, 4) is 5.75 Å². The predicted octanol–water partition coefficient (Wildman–Crippen LogP) is 3.21. The summed E-state index contributed by atoms with van der Waals surface area (Å²) in [5, 5.41) is 4.45. The summed E-state index contributed by atoms with van der Waals surface area (Å²) in [7, 11) is 1.59. The molecule has 3 rings (SSSR count). The summed E-state index contributed by atoms with van der Waals surface area (Å²) >= 11 is 0. The number of carbonyl (C=O) groups is 1. The van der Waals surface area contributed by atoms with Gasteiger partial charge in [-0.25, -0.2) is 9.78 Å². The van der Waals surface area contributed by atoms with Gasteiger partial charge in [-0.15, -0.1) is 0 Å². The molecule has 0 aliphatic rings. The minimum absolute atomic E-state index is 0.156. The van der Waals surface area contributed by atoms with Crippen LogP contribution in [0.1, 0.15) is 27.3 Å². The van der Waals surface area contributed by atoms with Gasteiger partial charge in [-0.1, -0.05) is 17.3 Å². The van der Waals surface area contributed by atoms with E-state index in [0.717, 1.165) is 11.3 Å². The Morgan fingerprint density at radius 2 is 2.09 bits per heavy atom. The highest BCUT2D eigenvalue weighted by atomic mass is 16.5. The number of esters is 1. The third-order valence-electron chi connectivity index (χ3n) is 3.47. The number of hydrogen-bond acceptors (Lipinski definition) is 6. The first-order valence-corrected chi connectivity index (χ1v) is 7.12. The van der Waals surface area contributed by atoms with Gasteiger partial charge in [0.15, 0.2) is 0 Å². The van der Waals surface area contributed by atoms with Crippen molar-refractivity contribution in [2.45, 2.75) is 20.5 Å². The Balaban J connectivity index is 1.84. The third kappa shape index (κ3) is 3.01. The lowest BCUT2D eigenvalue weighted by Gasteiger charge is -2.07. The molecule has 0 atom stereocenters. The Bertz CT molecular complexity index is 870. The van der Waals surface area contributed by atoms with Gasteiger partial charge < -0.3 is 14.0 Å². The summed E-state index contributed by atoms with van der Waals surface area (Å²) in [5.41, 5.74) is 2.88. The molecule has 0 saturated carbocycles. The Morgan fingerprint density at radius 3 is 2.87 bits per heavy atom. The van der Waals surface area contributed by atoms with E-state index in [1.165, 1.54) is 0 Å². The van der Waals surface area contributed by atoms with E-state index in [0.29, 0.717) is 28.1 Å². The van der Waals surface area contributed by atoms with Crippen LogP contribution in [0, 0.1) is 13.8 Å². The fourth-order valence-electron chi connectivity index (χ4n) is 2.37. The summed E-state index contributed by atoms with van der Waals surface area (Å²) in [4.78, 5) is 16.7. The van der Waals surface area contributed by atoms with Gasteiger partial charge in [-0.05, 0) is 37.6 Å². The van der Waals surface area contributed by atoms with Crippen LogP contribution in [0.5, 0.6) is 5.75 Å². The van der Waals surface area contributed by atoms with Crippen LogP contribution < -0.4 is 4.74 Å². The van der Waals surface area contributed by atoms with Crippen molar-refractivity contribution < 1.29 is 18.8 Å². The number of pyridine rings is 1. The molecule has 6 nitrogen and oxygen atoms in total. The smallest absolute Gasteiger partial charge is 0.339 e. The van der Waals surface area contributed by atoms with Gasteiger partial charge in [0.1, 0.15) is 12.4 Å². The maximum absolute atomic E-state index is 12.4. The van der Waals surface area contributed by atoms with Gasteiger partial charge in [0, 0.05) is 5.69 Å². The lowest BCUT2D eigenvalue weighted by atomic mass is 10.1. The number of nitrogens with zero attached hydrogens (tertiary/aromatic N) is 2. The number of rotatable bonds is 4. The minimum atomic E-state index is -0.436. The molecule has 0 radical (unpaired) electrons. The van der Waals surface area contributed by atoms with Gasteiger partial charge in [0.2, 0.25) is 0 Å². The van der Waals surface area contributed by atoms with Crippen molar-refractivity contribution in [3.05, 3.63) is 52.8 Å². The van der Waals surface area contributed by atoms with Crippen LogP contribution >= 0.6 is 0 Å². The van der Waals surface area contributed by atoms with Gasteiger partial charge in [-0.3, -0.25) is 0 Å². The molecule has 1 aromatic carbocycles. The number of aryl methyl sites for hydroxylation is 2. The molecule has 23 heavy (non-hydrogen) atoms. The van der Waals surface area contributed by atoms with Crippen LogP contribution in [0.4, 0.5) is 0 Å². The molecule has 6 heteroatoms. The molecule has 3 aromatic rings. The van der Waals surface area contributed by atoms with E-state index in [4.69, 9.17) is 14.0 Å². The standard InChI is InChI=1S/C17H16N2O4/c1-10-7-14(15-11(2)19-23-16(15)18-10)17(20)22-9-12-5-4-6-13(8-12)21-3/h4-8H,9H2,1-3H3. The van der Waals surface area contributed by atoms with Crippen LogP contribution in [0.2, 0.25) is 0 Å². The topological polar surface area (TPSA) is 74.5 Å². The molecule has 0 amide bonds. The predicted molar refractivity (Wildman–Crippen MR) is 83.4 cm³/mol. The summed E-state index contributed by atoms with van der Waals surface area (Å²) in [5.74, 6) is 0.283. The number of carbonyl (C=O) groups excluding carboxylic acids is 1. The minimum Gasteiger partial charge on any atom is -0.497 e. The summed E-state index contributed by atoms with van der Waals surface area (Å²) in [6, 6.07) is 9.06. The van der Waals surface area contributed by atoms with Gasteiger partial charge in [-0.2, -0.15) is 0 Å². The molecule has 0 fully saturated rings. The summed E-state index contributed by atoms with van der Waals surface area (Å²) < 4.78 is 15.7. The van der Waals surface area contributed by atoms with E-state index < -0.39 is 5.97 Å². The first-order valence-electron chi connectivity index (χ1n) is 7.12. The second kappa shape index (κ2) is 6.08. The third-order valence-corrected chi connectivity index (χ3v) is 3.47. The second-order valence-corrected chi connectivity index (χ2v) is 5.19. The van der Waals surface area contributed by atoms with E-state index in [-0.39, 0.29) is 6.61 Å². The molecule has 0 bridgehead atoms. The van der Waals surface area contributed by atoms with E-state index in [9.17, 15) is 4.79 Å². The molecule has 0 aliphatic carbocycles. The van der Waals surface area contributed by atoms with Crippen molar-refractivity contribution in [1.82, 2.24) is 10.1 Å². The first-order chi connectivity index (χ1) is 11.1. The van der Waals surface area contributed by atoms with E-state index in [2.05, 4.69) is 10.1 Å². The van der Waals surface area contributed by atoms with Crippen LogP contribution in [0.15, 0.2) is 34.9 Å². The fourth-order valence-corrected chi connectivity index (χ4v) is 2.37. The summed E-state index contributed by atoms with van der Waals surface area (Å²) in [6.45, 7) is 3.71. The SMILES string of the molecule is COc1cccc(COC(=O)c2cc(C)nc3onc(C)c23)c1. The zero-order chi connectivity index (χ0) is 16.4. The number of fused-ring (bicyclic) bond motifs is 1. The molecule has 0 spiro atoms. The lowest BCUT2D eigenvalue weighted by molar-refractivity contribution is 0.0474.